The molecule has 0 spiro atoms. The number of ketones is 1. The first-order valence-corrected chi connectivity index (χ1v) is 7.62. The number of nitrogens with two attached hydrogens (primary N) is 1. The smallest absolute Gasteiger partial charge is 0.162 e. The number of hydrogen-bond acceptors (Lipinski definition) is 2. The van der Waals surface area contributed by atoms with Crippen molar-refractivity contribution in [2.24, 2.45) is 0 Å². The third kappa shape index (κ3) is 7.00. The Labute approximate surface area is 117 Å². The molecule has 0 atom stereocenters. The lowest BCUT2D eigenvalue weighted by molar-refractivity contribution is 0.0979. The van der Waals surface area contributed by atoms with Crippen molar-refractivity contribution in [2.75, 3.05) is 5.73 Å². The van der Waals surface area contributed by atoms with E-state index in [0.717, 1.165) is 12.0 Å². The first-order chi connectivity index (χ1) is 9.24. The van der Waals surface area contributed by atoms with Crippen molar-refractivity contribution in [3.63, 3.8) is 0 Å². The van der Waals surface area contributed by atoms with Gasteiger partial charge in [0, 0.05) is 17.7 Å². The molecule has 2 N–H and O–H groups in total. The van der Waals surface area contributed by atoms with Gasteiger partial charge in [0.1, 0.15) is 0 Å². The zero-order chi connectivity index (χ0) is 13.9. The van der Waals surface area contributed by atoms with Crippen molar-refractivity contribution in [3.8, 4) is 0 Å². The molecule has 0 saturated heterocycles. The van der Waals surface area contributed by atoms with E-state index in [4.69, 9.17) is 5.73 Å². The van der Waals surface area contributed by atoms with Crippen LogP contribution in [0.15, 0.2) is 24.3 Å². The van der Waals surface area contributed by atoms with Crippen molar-refractivity contribution < 1.29 is 4.79 Å². The number of rotatable bonds is 10. The molecule has 0 aliphatic heterocycles. The molecule has 2 heteroatoms. The summed E-state index contributed by atoms with van der Waals surface area (Å²) in [5.74, 6) is 0.242. The summed E-state index contributed by atoms with van der Waals surface area (Å²) in [7, 11) is 0. The van der Waals surface area contributed by atoms with Gasteiger partial charge in [-0.1, -0.05) is 51.9 Å². The molecule has 0 radical (unpaired) electrons. The average Bonchev–Trinajstić information content (AvgIpc) is 2.42. The van der Waals surface area contributed by atoms with Crippen LogP contribution < -0.4 is 5.73 Å². The number of anilines is 1. The molecule has 1 rings (SSSR count). The number of carbonyl (C=O) groups is 1. The number of Topliss-reactive ketones (excluding diaryl/α,β-unsaturated/α-hetero) is 1. The first-order valence-electron chi connectivity index (χ1n) is 7.62. The summed E-state index contributed by atoms with van der Waals surface area (Å²) in [5, 5.41) is 0. The Bertz CT molecular complexity index is 356. The van der Waals surface area contributed by atoms with E-state index in [1.165, 1.54) is 44.9 Å². The van der Waals surface area contributed by atoms with Gasteiger partial charge in [0.2, 0.25) is 0 Å². The maximum absolute atomic E-state index is 11.9. The number of hydrogen-bond donors (Lipinski definition) is 1. The molecule has 2 nitrogen and oxygen atoms in total. The Kier molecular flexibility index (Phi) is 7.95. The highest BCUT2D eigenvalue weighted by molar-refractivity contribution is 5.96. The van der Waals surface area contributed by atoms with Crippen LogP contribution in [0.1, 0.15) is 75.1 Å². The lowest BCUT2D eigenvalue weighted by Crippen LogP contribution is -1.99. The van der Waals surface area contributed by atoms with Gasteiger partial charge in [-0.05, 0) is 30.7 Å². The van der Waals surface area contributed by atoms with E-state index in [1.807, 2.05) is 12.1 Å². The monoisotopic (exact) mass is 261 g/mol. The highest BCUT2D eigenvalue weighted by Crippen LogP contribution is 2.13. The van der Waals surface area contributed by atoms with Gasteiger partial charge in [-0.15, -0.1) is 0 Å². The molecule has 0 fully saturated rings. The van der Waals surface area contributed by atoms with Crippen LogP contribution in [-0.4, -0.2) is 5.78 Å². The minimum absolute atomic E-state index is 0.242. The van der Waals surface area contributed by atoms with Gasteiger partial charge in [-0.25, -0.2) is 0 Å². The molecule has 0 heterocycles. The lowest BCUT2D eigenvalue weighted by atomic mass is 10.0. The largest absolute Gasteiger partial charge is 0.399 e. The Morgan fingerprint density at radius 3 is 2.00 bits per heavy atom. The number of nitrogen functional groups attached to an aromatic ring is 1. The van der Waals surface area contributed by atoms with Gasteiger partial charge in [0.05, 0.1) is 0 Å². The molecule has 19 heavy (non-hydrogen) atoms. The molecule has 0 aliphatic rings. The summed E-state index contributed by atoms with van der Waals surface area (Å²) in [6, 6.07) is 7.23. The minimum atomic E-state index is 0.242. The van der Waals surface area contributed by atoms with Crippen molar-refractivity contribution >= 4 is 11.5 Å². The fraction of sp³-hybridized carbons (Fsp3) is 0.588. The standard InChI is InChI=1S/C17H27NO/c1-2-3-4-5-6-7-8-9-10-17(19)15-11-13-16(18)14-12-15/h11-14H,2-10,18H2,1H3. The zero-order valence-electron chi connectivity index (χ0n) is 12.2. The van der Waals surface area contributed by atoms with E-state index in [9.17, 15) is 4.79 Å². The maximum Gasteiger partial charge on any atom is 0.162 e. The van der Waals surface area contributed by atoms with Gasteiger partial charge < -0.3 is 5.73 Å². The third-order valence-electron chi connectivity index (χ3n) is 3.49. The van der Waals surface area contributed by atoms with E-state index < -0.39 is 0 Å². The summed E-state index contributed by atoms with van der Waals surface area (Å²) < 4.78 is 0. The van der Waals surface area contributed by atoms with Gasteiger partial charge >= 0.3 is 0 Å². The van der Waals surface area contributed by atoms with Gasteiger partial charge in [-0.3, -0.25) is 4.79 Å². The van der Waals surface area contributed by atoms with E-state index in [-0.39, 0.29) is 5.78 Å². The zero-order valence-corrected chi connectivity index (χ0v) is 12.2. The summed E-state index contributed by atoms with van der Waals surface area (Å²) in [6.45, 7) is 2.24. The summed E-state index contributed by atoms with van der Waals surface area (Å²) >= 11 is 0. The van der Waals surface area contributed by atoms with Gasteiger partial charge in [0.15, 0.2) is 5.78 Å². The fourth-order valence-electron chi connectivity index (χ4n) is 2.23. The highest BCUT2D eigenvalue weighted by atomic mass is 16.1. The summed E-state index contributed by atoms with van der Waals surface area (Å²) in [6.07, 6.45) is 10.8. The fourth-order valence-corrected chi connectivity index (χ4v) is 2.23. The van der Waals surface area contributed by atoms with E-state index in [0.29, 0.717) is 12.1 Å². The molecule has 0 aromatic heterocycles. The Hall–Kier alpha value is -1.31. The van der Waals surface area contributed by atoms with Crippen molar-refractivity contribution in [1.29, 1.82) is 0 Å². The van der Waals surface area contributed by atoms with E-state index in [1.54, 1.807) is 12.1 Å². The Morgan fingerprint density at radius 1 is 0.895 bits per heavy atom. The average molecular weight is 261 g/mol. The van der Waals surface area contributed by atoms with E-state index >= 15 is 0 Å². The third-order valence-corrected chi connectivity index (χ3v) is 3.49. The number of carbonyl (C=O) groups excluding carboxylic acids is 1. The van der Waals surface area contributed by atoms with Crippen molar-refractivity contribution in [3.05, 3.63) is 29.8 Å². The van der Waals surface area contributed by atoms with Crippen molar-refractivity contribution in [1.82, 2.24) is 0 Å². The second kappa shape index (κ2) is 9.60. The predicted octanol–water partition coefficient (Wildman–Crippen LogP) is 4.98. The number of benzene rings is 1. The molecular weight excluding hydrogens is 234 g/mol. The van der Waals surface area contributed by atoms with Crippen LogP contribution >= 0.6 is 0 Å². The van der Waals surface area contributed by atoms with Crippen LogP contribution in [0.2, 0.25) is 0 Å². The molecule has 0 amide bonds. The second-order valence-electron chi connectivity index (χ2n) is 5.27. The molecule has 0 bridgehead atoms. The SMILES string of the molecule is CCCCCCCCCCC(=O)c1ccc(N)cc1. The molecule has 0 saturated carbocycles. The molecule has 0 aliphatic carbocycles. The van der Waals surface area contributed by atoms with Crippen LogP contribution in [0.5, 0.6) is 0 Å². The van der Waals surface area contributed by atoms with Gasteiger partial charge in [-0.2, -0.15) is 0 Å². The normalized spacial score (nSPS) is 10.6. The number of unbranched alkanes of at least 4 members (excludes halogenated alkanes) is 7. The lowest BCUT2D eigenvalue weighted by Gasteiger charge is -2.03. The predicted molar refractivity (Wildman–Crippen MR) is 82.4 cm³/mol. The van der Waals surface area contributed by atoms with Crippen molar-refractivity contribution in [2.45, 2.75) is 64.7 Å². The Balaban J connectivity index is 2.06. The van der Waals surface area contributed by atoms with Crippen LogP contribution in [0.25, 0.3) is 0 Å². The van der Waals surface area contributed by atoms with E-state index in [2.05, 4.69) is 6.92 Å². The minimum Gasteiger partial charge on any atom is -0.399 e. The topological polar surface area (TPSA) is 43.1 Å². The molecule has 0 unspecified atom stereocenters. The molecule has 106 valence electrons. The molecule has 1 aromatic carbocycles. The maximum atomic E-state index is 11.9. The van der Waals surface area contributed by atoms with Crippen LogP contribution in [0.4, 0.5) is 5.69 Å². The summed E-state index contributed by atoms with van der Waals surface area (Å²) in [5.41, 5.74) is 7.11. The van der Waals surface area contributed by atoms with Crippen LogP contribution in [0, 0.1) is 0 Å². The van der Waals surface area contributed by atoms with Gasteiger partial charge in [0.25, 0.3) is 0 Å². The Morgan fingerprint density at radius 2 is 1.42 bits per heavy atom. The van der Waals surface area contributed by atoms with Crippen LogP contribution in [-0.2, 0) is 0 Å². The summed E-state index contributed by atoms with van der Waals surface area (Å²) in [4.78, 5) is 11.9. The second-order valence-corrected chi connectivity index (χ2v) is 5.27. The first kappa shape index (κ1) is 15.7. The highest BCUT2D eigenvalue weighted by Gasteiger charge is 2.04. The quantitative estimate of drug-likeness (QED) is 0.366. The molecular formula is C17H27NO. The van der Waals surface area contributed by atoms with Crippen LogP contribution in [0.3, 0.4) is 0 Å². The molecule has 1 aromatic rings.